The van der Waals surface area contributed by atoms with Crippen LogP contribution in [-0.2, 0) is 5.75 Å². The van der Waals surface area contributed by atoms with Crippen molar-refractivity contribution < 1.29 is 10.0 Å². The van der Waals surface area contributed by atoms with Gasteiger partial charge in [-0.25, -0.2) is 10.2 Å². The minimum absolute atomic E-state index is 0.355. The Morgan fingerprint density at radius 1 is 1.39 bits per heavy atom. The molecule has 0 radical (unpaired) electrons. The van der Waals surface area contributed by atoms with Crippen molar-refractivity contribution >= 4 is 17.7 Å². The van der Waals surface area contributed by atoms with Crippen LogP contribution in [-0.4, -0.2) is 26.1 Å². The second-order valence-electron chi connectivity index (χ2n) is 5.02. The van der Waals surface area contributed by atoms with Crippen molar-refractivity contribution in [2.75, 3.05) is 0 Å². The number of amides is 1. The summed E-state index contributed by atoms with van der Waals surface area (Å²) in [5, 5.41) is 17.0. The van der Waals surface area contributed by atoms with E-state index >= 15 is 0 Å². The van der Waals surface area contributed by atoms with Crippen LogP contribution in [0.15, 0.2) is 53.6 Å². The maximum Gasteiger partial charge on any atom is 0.274 e. The van der Waals surface area contributed by atoms with Gasteiger partial charge < -0.3 is 0 Å². The molecule has 7 heteroatoms. The predicted molar refractivity (Wildman–Crippen MR) is 88.4 cm³/mol. The average Bonchev–Trinajstić information content (AvgIpc) is 3.09. The normalized spacial score (nSPS) is 13.7. The van der Waals surface area contributed by atoms with E-state index in [4.69, 9.17) is 5.21 Å². The lowest BCUT2D eigenvalue weighted by Gasteiger charge is -2.04. The van der Waals surface area contributed by atoms with Crippen LogP contribution in [0.25, 0.3) is 5.69 Å². The van der Waals surface area contributed by atoms with Crippen LogP contribution >= 0.6 is 11.8 Å². The molecule has 0 saturated heterocycles. The molecule has 118 valence electrons. The summed E-state index contributed by atoms with van der Waals surface area (Å²) in [4.78, 5) is 12.7. The second-order valence-corrected chi connectivity index (χ2v) is 6.07. The lowest BCUT2D eigenvalue weighted by atomic mass is 10.2. The predicted octanol–water partition coefficient (Wildman–Crippen LogP) is 2.85. The molecule has 0 bridgehead atoms. The van der Waals surface area contributed by atoms with Crippen molar-refractivity contribution in [3.05, 3.63) is 64.9 Å². The van der Waals surface area contributed by atoms with Gasteiger partial charge in [-0.05, 0) is 31.0 Å². The number of benzene rings is 1. The fraction of sp³-hybridized carbons (Fsp3) is 0.188. The van der Waals surface area contributed by atoms with Gasteiger partial charge in [-0.3, -0.25) is 10.0 Å². The number of carbonyl (C=O) groups excluding carboxylic acids is 1. The molecule has 0 fully saturated rings. The Kier molecular flexibility index (Phi) is 4.89. The number of carbonyl (C=O) groups is 1. The summed E-state index contributed by atoms with van der Waals surface area (Å²) in [5.74, 6) is 0.186. The molecule has 3 rings (SSSR count). The summed E-state index contributed by atoms with van der Waals surface area (Å²) in [5.41, 5.74) is 3.56. The van der Waals surface area contributed by atoms with Crippen LogP contribution < -0.4 is 5.48 Å². The molecule has 1 aliphatic carbocycles. The summed E-state index contributed by atoms with van der Waals surface area (Å²) in [7, 11) is 0. The van der Waals surface area contributed by atoms with Gasteiger partial charge in [0.1, 0.15) is 0 Å². The van der Waals surface area contributed by atoms with Crippen molar-refractivity contribution in [2.24, 2.45) is 0 Å². The molecule has 0 saturated carbocycles. The standard InChI is InChI=1S/C16H16N4O2S/c21-16(18-22)12-5-4-6-14(9-12)20-10-13(17-19-20)11-23-15-7-2-1-3-8-15/h2,4-10,22H,1,3,11H2,(H,18,21). The van der Waals surface area contributed by atoms with Crippen LogP contribution in [0.1, 0.15) is 28.9 Å². The van der Waals surface area contributed by atoms with Gasteiger partial charge in [0.2, 0.25) is 0 Å². The Labute approximate surface area is 137 Å². The van der Waals surface area contributed by atoms with E-state index in [2.05, 4.69) is 28.5 Å². The van der Waals surface area contributed by atoms with Gasteiger partial charge in [0.05, 0.1) is 17.6 Å². The fourth-order valence-corrected chi connectivity index (χ4v) is 3.07. The molecule has 1 amide bonds. The molecule has 1 aromatic carbocycles. The van der Waals surface area contributed by atoms with Crippen molar-refractivity contribution in [1.82, 2.24) is 20.5 Å². The molecule has 1 aromatic heterocycles. The van der Waals surface area contributed by atoms with E-state index in [9.17, 15) is 4.79 Å². The molecule has 0 aliphatic heterocycles. The fourth-order valence-electron chi connectivity index (χ4n) is 2.20. The van der Waals surface area contributed by atoms with Gasteiger partial charge >= 0.3 is 0 Å². The van der Waals surface area contributed by atoms with E-state index in [1.54, 1.807) is 40.1 Å². The number of allylic oxidation sites excluding steroid dienone is 3. The number of nitrogens with one attached hydrogen (secondary N) is 1. The lowest BCUT2D eigenvalue weighted by Crippen LogP contribution is -2.18. The first-order chi connectivity index (χ1) is 11.3. The van der Waals surface area contributed by atoms with Gasteiger partial charge in [-0.1, -0.05) is 29.5 Å². The highest BCUT2D eigenvalue weighted by atomic mass is 32.2. The third-order valence-corrected chi connectivity index (χ3v) is 4.44. The molecular weight excluding hydrogens is 312 g/mol. The number of nitrogens with zero attached hydrogens (tertiary/aromatic N) is 3. The molecule has 2 aromatic rings. The highest BCUT2D eigenvalue weighted by Gasteiger charge is 2.08. The molecule has 23 heavy (non-hydrogen) atoms. The quantitative estimate of drug-likeness (QED) is 0.652. The maximum absolute atomic E-state index is 11.5. The first-order valence-corrected chi connectivity index (χ1v) is 8.20. The number of aromatic nitrogens is 3. The third kappa shape index (κ3) is 3.88. The van der Waals surface area contributed by atoms with E-state index in [1.165, 1.54) is 4.91 Å². The summed E-state index contributed by atoms with van der Waals surface area (Å²) in [6.45, 7) is 0. The van der Waals surface area contributed by atoms with E-state index in [-0.39, 0.29) is 0 Å². The highest BCUT2D eigenvalue weighted by Crippen LogP contribution is 2.25. The Hall–Kier alpha value is -2.38. The highest BCUT2D eigenvalue weighted by molar-refractivity contribution is 8.02. The SMILES string of the molecule is O=C(NO)c1cccc(-n2cc(CSC3=CCCC=C3)nn2)c1. The second kappa shape index (κ2) is 7.26. The van der Waals surface area contributed by atoms with Gasteiger partial charge in [-0.15, -0.1) is 16.9 Å². The lowest BCUT2D eigenvalue weighted by molar-refractivity contribution is 0.0706. The summed E-state index contributed by atoms with van der Waals surface area (Å²) in [6, 6.07) is 6.81. The van der Waals surface area contributed by atoms with Crippen molar-refractivity contribution in [1.29, 1.82) is 0 Å². The number of hydrogen-bond acceptors (Lipinski definition) is 5. The minimum Gasteiger partial charge on any atom is -0.288 e. The number of hydrogen-bond donors (Lipinski definition) is 2. The number of thioether (sulfide) groups is 1. The zero-order valence-electron chi connectivity index (χ0n) is 12.3. The summed E-state index contributed by atoms with van der Waals surface area (Å²) >= 11 is 1.73. The molecular formula is C16H16N4O2S. The third-order valence-electron chi connectivity index (χ3n) is 3.36. The molecule has 0 atom stereocenters. The number of hydroxylamine groups is 1. The topological polar surface area (TPSA) is 80.0 Å². The average molecular weight is 328 g/mol. The van der Waals surface area contributed by atoms with E-state index < -0.39 is 5.91 Å². The van der Waals surface area contributed by atoms with Gasteiger partial charge in [0.25, 0.3) is 5.91 Å². The Balaban J connectivity index is 1.70. The van der Waals surface area contributed by atoms with Crippen molar-refractivity contribution in [3.8, 4) is 5.69 Å². The van der Waals surface area contributed by atoms with Gasteiger partial charge in [0, 0.05) is 16.2 Å². The smallest absolute Gasteiger partial charge is 0.274 e. The van der Waals surface area contributed by atoms with Gasteiger partial charge in [0.15, 0.2) is 0 Å². The van der Waals surface area contributed by atoms with E-state index in [0.29, 0.717) is 11.3 Å². The van der Waals surface area contributed by atoms with Crippen LogP contribution in [0, 0.1) is 0 Å². The Morgan fingerprint density at radius 3 is 3.09 bits per heavy atom. The molecule has 1 aliphatic rings. The maximum atomic E-state index is 11.5. The van der Waals surface area contributed by atoms with E-state index in [1.807, 2.05) is 12.3 Å². The molecule has 0 unspecified atom stereocenters. The molecule has 2 N–H and O–H groups in total. The van der Waals surface area contributed by atoms with Crippen LogP contribution in [0.4, 0.5) is 0 Å². The first-order valence-electron chi connectivity index (χ1n) is 7.22. The van der Waals surface area contributed by atoms with Crippen LogP contribution in [0.3, 0.4) is 0 Å². The Morgan fingerprint density at radius 2 is 2.30 bits per heavy atom. The zero-order chi connectivity index (χ0) is 16.1. The summed E-state index contributed by atoms with van der Waals surface area (Å²) in [6.07, 6.45) is 10.6. The zero-order valence-corrected chi connectivity index (χ0v) is 13.2. The minimum atomic E-state index is -0.557. The number of rotatable bonds is 5. The first kappa shape index (κ1) is 15.5. The van der Waals surface area contributed by atoms with E-state index in [0.717, 1.165) is 24.3 Å². The van der Waals surface area contributed by atoms with Crippen molar-refractivity contribution in [3.63, 3.8) is 0 Å². The molecule has 6 nitrogen and oxygen atoms in total. The van der Waals surface area contributed by atoms with Crippen LogP contribution in [0.2, 0.25) is 0 Å². The van der Waals surface area contributed by atoms with Gasteiger partial charge in [-0.2, -0.15) is 0 Å². The van der Waals surface area contributed by atoms with Crippen molar-refractivity contribution in [2.45, 2.75) is 18.6 Å². The monoisotopic (exact) mass is 328 g/mol. The summed E-state index contributed by atoms with van der Waals surface area (Å²) < 4.78 is 1.62. The Bertz CT molecular complexity index is 767. The molecule has 0 spiro atoms. The molecule has 1 heterocycles. The largest absolute Gasteiger partial charge is 0.288 e. The van der Waals surface area contributed by atoms with Crippen LogP contribution in [0.5, 0.6) is 0 Å².